The second-order valence-corrected chi connectivity index (χ2v) is 6.46. The second-order valence-electron chi connectivity index (χ2n) is 5.30. The quantitative estimate of drug-likeness (QED) is 0.465. The Hall–Kier alpha value is -2.93. The summed E-state index contributed by atoms with van der Waals surface area (Å²) in [6.45, 7) is 0.429. The molecule has 0 saturated carbocycles. The van der Waals surface area contributed by atoms with Gasteiger partial charge in [0.15, 0.2) is 5.76 Å². The van der Waals surface area contributed by atoms with Crippen LogP contribution < -0.4 is 11.1 Å². The number of fused-ring (bicyclic) bond motifs is 1. The number of hydrogen-bond acceptors (Lipinski definition) is 5. The lowest BCUT2D eigenvalue weighted by molar-refractivity contribution is 0.0929. The minimum Gasteiger partial charge on any atom is -0.507 e. The number of amides is 2. The van der Waals surface area contributed by atoms with Crippen LogP contribution in [0.15, 0.2) is 57.8 Å². The van der Waals surface area contributed by atoms with Crippen molar-refractivity contribution in [3.8, 4) is 5.75 Å². The van der Waals surface area contributed by atoms with Crippen molar-refractivity contribution in [1.29, 1.82) is 0 Å². The molecule has 4 N–H and O–H groups in total. The number of thioether (sulfide) groups is 1. The zero-order valence-electron chi connectivity index (χ0n) is 13.2. The number of nitrogens with two attached hydrogens (primary N) is 1. The van der Waals surface area contributed by atoms with Crippen molar-refractivity contribution in [2.75, 3.05) is 12.3 Å². The van der Waals surface area contributed by atoms with Crippen molar-refractivity contribution in [2.24, 2.45) is 5.73 Å². The minimum absolute atomic E-state index is 0.0857. The number of nitrogens with one attached hydrogen (secondary N) is 1. The van der Waals surface area contributed by atoms with E-state index in [0.29, 0.717) is 17.9 Å². The molecule has 0 spiro atoms. The van der Waals surface area contributed by atoms with E-state index >= 15 is 0 Å². The van der Waals surface area contributed by atoms with Gasteiger partial charge < -0.3 is 20.6 Å². The first-order valence-corrected chi connectivity index (χ1v) is 8.55. The van der Waals surface area contributed by atoms with Crippen molar-refractivity contribution in [1.82, 2.24) is 5.32 Å². The van der Waals surface area contributed by atoms with Crippen molar-refractivity contribution in [3.05, 3.63) is 59.9 Å². The summed E-state index contributed by atoms with van der Waals surface area (Å²) in [4.78, 5) is 23.9. The van der Waals surface area contributed by atoms with E-state index in [2.05, 4.69) is 5.32 Å². The van der Waals surface area contributed by atoms with Gasteiger partial charge >= 0.3 is 0 Å². The molecule has 0 saturated heterocycles. The minimum atomic E-state index is -0.674. The van der Waals surface area contributed by atoms with Crippen molar-refractivity contribution < 1.29 is 19.1 Å². The molecule has 128 valence electrons. The summed E-state index contributed by atoms with van der Waals surface area (Å²) in [5.41, 5.74) is 5.90. The molecule has 0 bridgehead atoms. The molecule has 25 heavy (non-hydrogen) atoms. The van der Waals surface area contributed by atoms with Crippen molar-refractivity contribution in [3.63, 3.8) is 0 Å². The van der Waals surface area contributed by atoms with Crippen LogP contribution in [0.2, 0.25) is 0 Å². The highest BCUT2D eigenvalue weighted by Crippen LogP contribution is 2.25. The van der Waals surface area contributed by atoms with Gasteiger partial charge in [0.1, 0.15) is 11.3 Å². The number of benzene rings is 2. The lowest BCUT2D eigenvalue weighted by Crippen LogP contribution is -2.25. The Labute approximate surface area is 148 Å². The standard InChI is InChI=1S/C18H16N2O4S/c19-17(22)13-6-5-12(10-14(13)21)25-8-7-20-18(23)16-9-11-3-1-2-4-15(11)24-16/h1-6,9-10,21H,7-8H2,(H2,19,22)(H,20,23). The van der Waals surface area contributed by atoms with Gasteiger partial charge in [-0.2, -0.15) is 0 Å². The molecule has 6 nitrogen and oxygen atoms in total. The Balaban J connectivity index is 1.52. The normalized spacial score (nSPS) is 10.7. The number of phenols is 1. The van der Waals surface area contributed by atoms with Crippen LogP contribution in [0.1, 0.15) is 20.9 Å². The smallest absolute Gasteiger partial charge is 0.287 e. The zero-order valence-corrected chi connectivity index (χ0v) is 14.0. The molecule has 0 radical (unpaired) electrons. The van der Waals surface area contributed by atoms with Gasteiger partial charge in [-0.05, 0) is 30.3 Å². The van der Waals surface area contributed by atoms with Crippen molar-refractivity contribution in [2.45, 2.75) is 4.90 Å². The monoisotopic (exact) mass is 356 g/mol. The summed E-state index contributed by atoms with van der Waals surface area (Å²) in [5, 5.41) is 13.4. The van der Waals surface area contributed by atoms with Crippen LogP contribution in [-0.2, 0) is 0 Å². The largest absolute Gasteiger partial charge is 0.507 e. The number of carbonyl (C=O) groups excluding carboxylic acids is 2. The van der Waals surface area contributed by atoms with E-state index < -0.39 is 5.91 Å². The number of primary amides is 1. The molecule has 0 atom stereocenters. The number of hydrogen-bond donors (Lipinski definition) is 3. The van der Waals surface area contributed by atoms with E-state index in [1.165, 1.54) is 23.9 Å². The molecule has 0 aliphatic heterocycles. The number of furan rings is 1. The fraction of sp³-hybridized carbons (Fsp3) is 0.111. The molecule has 3 aromatic rings. The van der Waals surface area contributed by atoms with E-state index in [4.69, 9.17) is 10.2 Å². The second kappa shape index (κ2) is 7.31. The topological polar surface area (TPSA) is 106 Å². The molecule has 7 heteroatoms. The summed E-state index contributed by atoms with van der Waals surface area (Å²) < 4.78 is 5.50. The van der Waals surface area contributed by atoms with Crippen LogP contribution in [0.3, 0.4) is 0 Å². The molecule has 1 aromatic heterocycles. The lowest BCUT2D eigenvalue weighted by Gasteiger charge is -2.06. The highest BCUT2D eigenvalue weighted by atomic mass is 32.2. The first kappa shape index (κ1) is 16.9. The summed E-state index contributed by atoms with van der Waals surface area (Å²) in [5.74, 6) is -0.226. The van der Waals surface area contributed by atoms with Gasteiger partial charge in [-0.3, -0.25) is 9.59 Å². The SMILES string of the molecule is NC(=O)c1ccc(SCCNC(=O)c2cc3ccccc3o2)cc1O. The maximum atomic E-state index is 12.1. The average molecular weight is 356 g/mol. The maximum absolute atomic E-state index is 12.1. The molecule has 0 unspecified atom stereocenters. The van der Waals surface area contributed by atoms with E-state index in [1.54, 1.807) is 12.1 Å². The Bertz CT molecular complexity index is 903. The van der Waals surface area contributed by atoms with E-state index in [0.717, 1.165) is 10.3 Å². The third kappa shape index (κ3) is 3.95. The molecule has 0 aliphatic carbocycles. The average Bonchev–Trinajstić information content (AvgIpc) is 3.02. The van der Waals surface area contributed by atoms with Gasteiger partial charge in [-0.1, -0.05) is 18.2 Å². The van der Waals surface area contributed by atoms with Crippen LogP contribution >= 0.6 is 11.8 Å². The summed E-state index contributed by atoms with van der Waals surface area (Å²) >= 11 is 1.44. The molecular weight excluding hydrogens is 340 g/mol. The Morgan fingerprint density at radius 1 is 1.16 bits per heavy atom. The molecule has 2 aromatic carbocycles. The first-order valence-electron chi connectivity index (χ1n) is 7.57. The van der Waals surface area contributed by atoms with Gasteiger partial charge in [0.05, 0.1) is 5.56 Å². The van der Waals surface area contributed by atoms with Gasteiger partial charge in [-0.25, -0.2) is 0 Å². The maximum Gasteiger partial charge on any atom is 0.287 e. The number of aromatic hydroxyl groups is 1. The molecule has 2 amide bonds. The molecule has 3 rings (SSSR count). The van der Waals surface area contributed by atoms with Crippen molar-refractivity contribution >= 4 is 34.5 Å². The summed E-state index contributed by atoms with van der Waals surface area (Å²) in [6, 6.07) is 13.8. The zero-order chi connectivity index (χ0) is 17.8. The van der Waals surface area contributed by atoms with Gasteiger partial charge in [-0.15, -0.1) is 11.8 Å². The first-order chi connectivity index (χ1) is 12.0. The molecule has 0 fully saturated rings. The van der Waals surface area contributed by atoms with Gasteiger partial charge in [0, 0.05) is 22.6 Å². The Morgan fingerprint density at radius 3 is 2.68 bits per heavy atom. The summed E-state index contributed by atoms with van der Waals surface area (Å²) in [6.07, 6.45) is 0. The highest BCUT2D eigenvalue weighted by molar-refractivity contribution is 7.99. The summed E-state index contributed by atoms with van der Waals surface area (Å²) in [7, 11) is 0. The van der Waals surface area contributed by atoms with Crippen LogP contribution in [0.25, 0.3) is 11.0 Å². The van der Waals surface area contributed by atoms with Crippen LogP contribution in [-0.4, -0.2) is 29.2 Å². The van der Waals surface area contributed by atoms with Crippen LogP contribution in [0.5, 0.6) is 5.75 Å². The number of para-hydroxylation sites is 1. The number of rotatable bonds is 6. The van der Waals surface area contributed by atoms with E-state index in [-0.39, 0.29) is 23.0 Å². The third-order valence-electron chi connectivity index (χ3n) is 3.54. The van der Waals surface area contributed by atoms with E-state index in [1.807, 2.05) is 24.3 Å². The van der Waals surface area contributed by atoms with Crippen LogP contribution in [0, 0.1) is 0 Å². The molecule has 1 heterocycles. The fourth-order valence-electron chi connectivity index (χ4n) is 2.32. The Kier molecular flexibility index (Phi) is 4.95. The van der Waals surface area contributed by atoms with Gasteiger partial charge in [0.25, 0.3) is 11.8 Å². The predicted molar refractivity (Wildman–Crippen MR) is 95.9 cm³/mol. The molecular formula is C18H16N2O4S. The van der Waals surface area contributed by atoms with Crippen LogP contribution in [0.4, 0.5) is 0 Å². The lowest BCUT2D eigenvalue weighted by atomic mass is 10.2. The predicted octanol–water partition coefficient (Wildman–Crippen LogP) is 2.76. The van der Waals surface area contributed by atoms with E-state index in [9.17, 15) is 14.7 Å². The fourth-order valence-corrected chi connectivity index (χ4v) is 3.12. The molecule has 0 aliphatic rings. The third-order valence-corrected chi connectivity index (χ3v) is 4.54. The van der Waals surface area contributed by atoms with Gasteiger partial charge in [0.2, 0.25) is 0 Å². The Morgan fingerprint density at radius 2 is 1.96 bits per heavy atom. The number of carbonyl (C=O) groups is 2. The highest BCUT2D eigenvalue weighted by Gasteiger charge is 2.12.